The Kier molecular flexibility index (Phi) is 6.43. The van der Waals surface area contributed by atoms with Crippen LogP contribution in [0.15, 0.2) is 18.2 Å². The second kappa shape index (κ2) is 9.02. The molecule has 1 fully saturated rings. The van der Waals surface area contributed by atoms with Crippen LogP contribution in [0.25, 0.3) is 0 Å². The highest BCUT2D eigenvalue weighted by atomic mass is 16.6. The van der Waals surface area contributed by atoms with Crippen molar-refractivity contribution in [1.29, 1.82) is 0 Å². The van der Waals surface area contributed by atoms with Gasteiger partial charge in [0.25, 0.3) is 17.5 Å². The van der Waals surface area contributed by atoms with Crippen molar-refractivity contribution in [3.8, 4) is 0 Å². The fourth-order valence-electron chi connectivity index (χ4n) is 3.72. The number of hydrogen-bond acceptors (Lipinski definition) is 6. The number of carbonyl (C=O) groups excluding carboxylic acids is 4. The monoisotopic (exact) mass is 416 g/mol. The van der Waals surface area contributed by atoms with Crippen LogP contribution in [0.3, 0.4) is 0 Å². The molecule has 1 aromatic carbocycles. The molecule has 0 bridgehead atoms. The Bertz CT molecular complexity index is 891. The Morgan fingerprint density at radius 1 is 0.967 bits per heavy atom. The van der Waals surface area contributed by atoms with E-state index >= 15 is 0 Å². The molecule has 2 aliphatic heterocycles. The average molecular weight is 416 g/mol. The summed E-state index contributed by atoms with van der Waals surface area (Å²) in [7, 11) is 0. The molecule has 0 aromatic heterocycles. The number of imide groups is 1. The second-order valence-corrected chi connectivity index (χ2v) is 7.36. The molecule has 0 atom stereocenters. The molecule has 10 nitrogen and oxygen atoms in total. The normalized spacial score (nSPS) is 16.1. The highest BCUT2D eigenvalue weighted by Gasteiger charge is 2.36. The number of piperazine rings is 1. The van der Waals surface area contributed by atoms with Gasteiger partial charge in [-0.3, -0.25) is 34.2 Å². The Morgan fingerprint density at radius 2 is 1.53 bits per heavy atom. The molecule has 0 N–H and O–H groups in total. The van der Waals surface area contributed by atoms with Gasteiger partial charge in [0.1, 0.15) is 0 Å². The fraction of sp³-hybridized carbons (Fsp3) is 0.500. The molecule has 0 aliphatic carbocycles. The van der Waals surface area contributed by atoms with Crippen LogP contribution in [0.2, 0.25) is 0 Å². The molecule has 30 heavy (non-hydrogen) atoms. The summed E-state index contributed by atoms with van der Waals surface area (Å²) < 4.78 is 0. The highest BCUT2D eigenvalue weighted by Crippen LogP contribution is 2.27. The zero-order chi connectivity index (χ0) is 21.8. The SMILES string of the molecule is CCCC(=O)N1CCN(C(=O)CCCN2C(=O)c3ccc([N+](=O)[O-])cc3C2=O)CC1. The standard InChI is InChI=1S/C20H24N4O6/c1-2-4-17(25)21-9-11-22(12-10-21)18(26)5-3-8-23-19(27)15-7-6-14(24(29)30)13-16(15)20(23)28/h6-7,13H,2-5,8-12H2,1H3. The molecular formula is C20H24N4O6. The van der Waals surface area contributed by atoms with Crippen molar-refractivity contribution < 1.29 is 24.1 Å². The van der Waals surface area contributed by atoms with Crippen molar-refractivity contribution in [2.45, 2.75) is 32.6 Å². The quantitative estimate of drug-likeness (QED) is 0.377. The van der Waals surface area contributed by atoms with Crippen LogP contribution in [0.5, 0.6) is 0 Å². The predicted octanol–water partition coefficient (Wildman–Crippen LogP) is 1.44. The maximum atomic E-state index is 12.5. The molecule has 0 saturated carbocycles. The van der Waals surface area contributed by atoms with Crippen molar-refractivity contribution >= 4 is 29.3 Å². The maximum Gasteiger partial charge on any atom is 0.270 e. The molecule has 1 aromatic rings. The van der Waals surface area contributed by atoms with E-state index in [9.17, 15) is 29.3 Å². The molecule has 160 valence electrons. The van der Waals surface area contributed by atoms with Crippen molar-refractivity contribution in [2.24, 2.45) is 0 Å². The Morgan fingerprint density at radius 3 is 2.10 bits per heavy atom. The summed E-state index contributed by atoms with van der Waals surface area (Å²) in [6, 6.07) is 3.60. The summed E-state index contributed by atoms with van der Waals surface area (Å²) in [6.07, 6.45) is 1.79. The first kappa shape index (κ1) is 21.4. The van der Waals surface area contributed by atoms with E-state index in [1.54, 1.807) is 9.80 Å². The van der Waals surface area contributed by atoms with E-state index in [1.807, 2.05) is 6.92 Å². The lowest BCUT2D eigenvalue weighted by Crippen LogP contribution is -2.50. The van der Waals surface area contributed by atoms with Gasteiger partial charge in [0.15, 0.2) is 0 Å². The number of fused-ring (bicyclic) bond motifs is 1. The van der Waals surface area contributed by atoms with Crippen LogP contribution in [0, 0.1) is 10.1 Å². The van der Waals surface area contributed by atoms with E-state index in [2.05, 4.69) is 0 Å². The molecule has 3 rings (SSSR count). The molecule has 0 radical (unpaired) electrons. The molecule has 2 aliphatic rings. The number of hydrogen-bond donors (Lipinski definition) is 0. The fourth-order valence-corrected chi connectivity index (χ4v) is 3.72. The van der Waals surface area contributed by atoms with Gasteiger partial charge < -0.3 is 9.80 Å². The zero-order valence-corrected chi connectivity index (χ0v) is 16.8. The third-order valence-corrected chi connectivity index (χ3v) is 5.39. The van der Waals surface area contributed by atoms with E-state index < -0.39 is 16.7 Å². The van der Waals surface area contributed by atoms with Crippen molar-refractivity contribution in [2.75, 3.05) is 32.7 Å². The number of nitro groups is 1. The van der Waals surface area contributed by atoms with Gasteiger partial charge in [0.05, 0.1) is 16.1 Å². The van der Waals surface area contributed by atoms with Crippen molar-refractivity contribution in [3.63, 3.8) is 0 Å². The van der Waals surface area contributed by atoms with Crippen LogP contribution >= 0.6 is 0 Å². The first-order valence-corrected chi connectivity index (χ1v) is 10.0. The zero-order valence-electron chi connectivity index (χ0n) is 16.8. The summed E-state index contributed by atoms with van der Waals surface area (Å²) in [5, 5.41) is 10.9. The number of amides is 4. The van der Waals surface area contributed by atoms with Gasteiger partial charge >= 0.3 is 0 Å². The number of benzene rings is 1. The van der Waals surface area contributed by atoms with E-state index in [1.165, 1.54) is 12.1 Å². The molecule has 10 heteroatoms. The van der Waals surface area contributed by atoms with E-state index in [4.69, 9.17) is 0 Å². The van der Waals surface area contributed by atoms with Crippen molar-refractivity contribution in [3.05, 3.63) is 39.4 Å². The average Bonchev–Trinajstić information content (AvgIpc) is 2.98. The molecule has 0 unspecified atom stereocenters. The molecule has 2 heterocycles. The second-order valence-electron chi connectivity index (χ2n) is 7.36. The summed E-state index contributed by atoms with van der Waals surface area (Å²) >= 11 is 0. The number of rotatable bonds is 7. The van der Waals surface area contributed by atoms with Crippen LogP contribution in [-0.4, -0.2) is 76.0 Å². The lowest BCUT2D eigenvalue weighted by Gasteiger charge is -2.35. The Labute approximate surface area is 173 Å². The van der Waals surface area contributed by atoms with Gasteiger partial charge in [-0.15, -0.1) is 0 Å². The van der Waals surface area contributed by atoms with Crippen LogP contribution in [0.1, 0.15) is 53.3 Å². The van der Waals surface area contributed by atoms with Crippen LogP contribution < -0.4 is 0 Å². The summed E-state index contributed by atoms with van der Waals surface area (Å²) in [5.74, 6) is -1.05. The number of nitrogens with zero attached hydrogens (tertiary/aromatic N) is 4. The lowest BCUT2D eigenvalue weighted by atomic mass is 10.1. The van der Waals surface area contributed by atoms with E-state index in [-0.39, 0.29) is 41.6 Å². The molecule has 0 spiro atoms. The van der Waals surface area contributed by atoms with Crippen LogP contribution in [0.4, 0.5) is 5.69 Å². The third kappa shape index (κ3) is 4.32. The van der Waals surface area contributed by atoms with E-state index in [0.717, 1.165) is 17.4 Å². The largest absolute Gasteiger partial charge is 0.339 e. The minimum absolute atomic E-state index is 0.0217. The number of carbonyl (C=O) groups is 4. The van der Waals surface area contributed by atoms with Gasteiger partial charge in [-0.05, 0) is 18.9 Å². The first-order valence-electron chi connectivity index (χ1n) is 10.0. The molecular weight excluding hydrogens is 392 g/mol. The number of nitro benzene ring substituents is 1. The first-order chi connectivity index (χ1) is 14.3. The maximum absolute atomic E-state index is 12.5. The van der Waals surface area contributed by atoms with Gasteiger partial charge in [-0.1, -0.05) is 6.92 Å². The van der Waals surface area contributed by atoms with Gasteiger partial charge in [-0.25, -0.2) is 0 Å². The summed E-state index contributed by atoms with van der Waals surface area (Å²) in [5.41, 5.74) is -0.0818. The van der Waals surface area contributed by atoms with Crippen LogP contribution in [-0.2, 0) is 9.59 Å². The van der Waals surface area contributed by atoms with Gasteiger partial charge in [-0.2, -0.15) is 0 Å². The summed E-state index contributed by atoms with van der Waals surface area (Å²) in [6.45, 7) is 4.01. The predicted molar refractivity (Wildman–Crippen MR) is 106 cm³/mol. The van der Waals surface area contributed by atoms with Gasteiger partial charge in [0.2, 0.25) is 11.8 Å². The topological polar surface area (TPSA) is 121 Å². The molecule has 1 saturated heterocycles. The minimum Gasteiger partial charge on any atom is -0.339 e. The number of non-ortho nitro benzene ring substituents is 1. The summed E-state index contributed by atoms with van der Waals surface area (Å²) in [4.78, 5) is 64.0. The van der Waals surface area contributed by atoms with E-state index in [0.29, 0.717) is 39.0 Å². The molecule has 4 amide bonds. The highest BCUT2D eigenvalue weighted by molar-refractivity contribution is 6.21. The Balaban J connectivity index is 1.49. The smallest absolute Gasteiger partial charge is 0.270 e. The lowest BCUT2D eigenvalue weighted by molar-refractivity contribution is -0.384. The van der Waals surface area contributed by atoms with Gasteiger partial charge in [0, 0.05) is 57.7 Å². The Hall–Kier alpha value is -3.30. The third-order valence-electron chi connectivity index (χ3n) is 5.39. The van der Waals surface area contributed by atoms with Crippen molar-refractivity contribution in [1.82, 2.24) is 14.7 Å². The minimum atomic E-state index is -0.616.